The zero-order valence-corrected chi connectivity index (χ0v) is 11.4. The van der Waals surface area contributed by atoms with Gasteiger partial charge in [-0.05, 0) is 25.1 Å². The topological polar surface area (TPSA) is 73.3 Å². The van der Waals surface area contributed by atoms with E-state index in [2.05, 4.69) is 15.5 Å². The van der Waals surface area contributed by atoms with Crippen LogP contribution in [-0.4, -0.2) is 23.3 Å². The van der Waals surface area contributed by atoms with Crippen LogP contribution in [0.4, 0.5) is 5.69 Å². The molecule has 6 nitrogen and oxygen atoms in total. The van der Waals surface area contributed by atoms with Gasteiger partial charge < -0.3 is 19.0 Å². The van der Waals surface area contributed by atoms with Gasteiger partial charge in [-0.1, -0.05) is 11.2 Å². The molecule has 1 N–H and O–H groups in total. The lowest BCUT2D eigenvalue weighted by atomic mass is 10.1. The molecule has 106 valence electrons. The highest BCUT2D eigenvalue weighted by atomic mass is 16.5. The van der Waals surface area contributed by atoms with E-state index in [9.17, 15) is 0 Å². The molecule has 3 aromatic rings. The molecule has 1 aliphatic rings. The van der Waals surface area contributed by atoms with E-state index in [0.717, 1.165) is 34.9 Å². The lowest BCUT2D eigenvalue weighted by Gasteiger charge is -2.20. The average Bonchev–Trinajstić information content (AvgIpc) is 3.15. The molecule has 2 aromatic heterocycles. The molecule has 0 bridgehead atoms. The van der Waals surface area contributed by atoms with E-state index in [-0.39, 0.29) is 0 Å². The van der Waals surface area contributed by atoms with Gasteiger partial charge in [0.25, 0.3) is 5.89 Å². The zero-order valence-electron chi connectivity index (χ0n) is 11.4. The van der Waals surface area contributed by atoms with Crippen LogP contribution in [0.1, 0.15) is 5.76 Å². The fourth-order valence-corrected chi connectivity index (χ4v) is 2.40. The number of ether oxygens (including phenoxy) is 1. The largest absolute Gasteiger partial charge is 0.489 e. The van der Waals surface area contributed by atoms with Crippen molar-refractivity contribution in [3.63, 3.8) is 0 Å². The molecule has 6 heteroatoms. The van der Waals surface area contributed by atoms with Crippen LogP contribution in [0, 0.1) is 6.92 Å². The summed E-state index contributed by atoms with van der Waals surface area (Å²) in [6.07, 6.45) is 1.61. The van der Waals surface area contributed by atoms with Crippen LogP contribution < -0.4 is 10.1 Å². The Morgan fingerprint density at radius 3 is 3.00 bits per heavy atom. The predicted octanol–water partition coefficient (Wildman–Crippen LogP) is 3.11. The van der Waals surface area contributed by atoms with Crippen LogP contribution in [-0.2, 0) is 0 Å². The lowest BCUT2D eigenvalue weighted by Crippen LogP contribution is -2.18. The summed E-state index contributed by atoms with van der Waals surface area (Å²) in [5, 5.41) is 7.31. The SMILES string of the molecule is Cc1occc1-c1noc(-c2cccc3c2OCCN3)n1. The fourth-order valence-electron chi connectivity index (χ4n) is 2.40. The number of nitrogens with one attached hydrogen (secondary N) is 1. The molecule has 0 unspecified atom stereocenters. The number of benzene rings is 1. The third-order valence-corrected chi connectivity index (χ3v) is 3.44. The van der Waals surface area contributed by atoms with Crippen molar-refractivity contribution in [3.8, 4) is 28.6 Å². The first-order valence-corrected chi connectivity index (χ1v) is 6.71. The smallest absolute Gasteiger partial charge is 0.262 e. The van der Waals surface area contributed by atoms with E-state index in [1.54, 1.807) is 6.26 Å². The summed E-state index contributed by atoms with van der Waals surface area (Å²) in [5.41, 5.74) is 2.56. The minimum atomic E-state index is 0.436. The molecule has 0 saturated heterocycles. The van der Waals surface area contributed by atoms with Crippen LogP contribution in [0.25, 0.3) is 22.8 Å². The van der Waals surface area contributed by atoms with E-state index < -0.39 is 0 Å². The van der Waals surface area contributed by atoms with Crippen LogP contribution in [0.5, 0.6) is 5.75 Å². The molecule has 0 amide bonds. The number of hydrogen-bond donors (Lipinski definition) is 1. The summed E-state index contributed by atoms with van der Waals surface area (Å²) >= 11 is 0. The first-order valence-electron chi connectivity index (χ1n) is 6.71. The van der Waals surface area contributed by atoms with E-state index in [4.69, 9.17) is 13.7 Å². The van der Waals surface area contributed by atoms with E-state index in [1.165, 1.54) is 0 Å². The van der Waals surface area contributed by atoms with Crippen molar-refractivity contribution in [3.05, 3.63) is 36.3 Å². The number of hydrogen-bond acceptors (Lipinski definition) is 6. The van der Waals surface area contributed by atoms with Gasteiger partial charge in [0.1, 0.15) is 12.4 Å². The minimum absolute atomic E-state index is 0.436. The highest BCUT2D eigenvalue weighted by Crippen LogP contribution is 2.38. The number of para-hydroxylation sites is 1. The highest BCUT2D eigenvalue weighted by Gasteiger charge is 2.20. The van der Waals surface area contributed by atoms with E-state index >= 15 is 0 Å². The Hall–Kier alpha value is -2.76. The quantitative estimate of drug-likeness (QED) is 0.779. The van der Waals surface area contributed by atoms with Gasteiger partial charge >= 0.3 is 0 Å². The average molecular weight is 283 g/mol. The predicted molar refractivity (Wildman–Crippen MR) is 76.2 cm³/mol. The summed E-state index contributed by atoms with van der Waals surface area (Å²) in [7, 11) is 0. The van der Waals surface area contributed by atoms with Crippen LogP contribution >= 0.6 is 0 Å². The molecule has 0 saturated carbocycles. The number of anilines is 1. The third kappa shape index (κ3) is 1.96. The lowest BCUT2D eigenvalue weighted by molar-refractivity contribution is 0.322. The summed E-state index contributed by atoms with van der Waals surface area (Å²) in [4.78, 5) is 4.45. The third-order valence-electron chi connectivity index (χ3n) is 3.44. The molecule has 0 fully saturated rings. The second-order valence-electron chi connectivity index (χ2n) is 4.77. The summed E-state index contributed by atoms with van der Waals surface area (Å²) in [5.74, 6) is 2.46. The number of nitrogens with zero attached hydrogens (tertiary/aromatic N) is 2. The first kappa shape index (κ1) is 12.0. The van der Waals surface area contributed by atoms with Gasteiger partial charge in [-0.3, -0.25) is 0 Å². The van der Waals surface area contributed by atoms with Gasteiger partial charge in [0.05, 0.1) is 23.1 Å². The second-order valence-corrected chi connectivity index (χ2v) is 4.77. The Balaban J connectivity index is 1.78. The van der Waals surface area contributed by atoms with Gasteiger partial charge in [0, 0.05) is 6.54 Å². The van der Waals surface area contributed by atoms with E-state index in [1.807, 2.05) is 31.2 Å². The normalized spacial score (nSPS) is 13.4. The van der Waals surface area contributed by atoms with Crippen LogP contribution in [0.15, 0.2) is 39.5 Å². The van der Waals surface area contributed by atoms with Crippen molar-refractivity contribution in [2.24, 2.45) is 0 Å². The summed E-state index contributed by atoms with van der Waals surface area (Å²) in [6, 6.07) is 7.63. The Labute approximate surface area is 120 Å². The van der Waals surface area contributed by atoms with Gasteiger partial charge in [0.2, 0.25) is 5.82 Å². The molecule has 0 aliphatic carbocycles. The fraction of sp³-hybridized carbons (Fsp3) is 0.200. The van der Waals surface area contributed by atoms with Crippen molar-refractivity contribution in [2.45, 2.75) is 6.92 Å². The number of fused-ring (bicyclic) bond motifs is 1. The maximum atomic E-state index is 5.72. The number of aryl methyl sites for hydroxylation is 1. The van der Waals surface area contributed by atoms with Crippen LogP contribution in [0.2, 0.25) is 0 Å². The van der Waals surface area contributed by atoms with Crippen LogP contribution in [0.3, 0.4) is 0 Å². The Morgan fingerprint density at radius 2 is 2.14 bits per heavy atom. The zero-order chi connectivity index (χ0) is 14.2. The molecule has 0 radical (unpaired) electrons. The summed E-state index contributed by atoms with van der Waals surface area (Å²) < 4.78 is 16.4. The van der Waals surface area contributed by atoms with Gasteiger partial charge in [-0.2, -0.15) is 4.98 Å². The van der Waals surface area contributed by atoms with Crippen molar-refractivity contribution >= 4 is 5.69 Å². The van der Waals surface area contributed by atoms with Gasteiger partial charge in [-0.25, -0.2) is 0 Å². The molecule has 21 heavy (non-hydrogen) atoms. The second kappa shape index (κ2) is 4.66. The van der Waals surface area contributed by atoms with Crippen molar-refractivity contribution in [1.82, 2.24) is 10.1 Å². The monoisotopic (exact) mass is 283 g/mol. The molecule has 3 heterocycles. The molecule has 1 aromatic carbocycles. The number of furan rings is 1. The molecule has 4 rings (SSSR count). The van der Waals surface area contributed by atoms with Crippen molar-refractivity contribution < 1.29 is 13.7 Å². The molecule has 1 aliphatic heterocycles. The molecule has 0 spiro atoms. The number of rotatable bonds is 2. The maximum Gasteiger partial charge on any atom is 0.262 e. The number of aromatic nitrogens is 2. The Kier molecular flexibility index (Phi) is 2.67. The van der Waals surface area contributed by atoms with E-state index in [0.29, 0.717) is 18.3 Å². The Morgan fingerprint density at radius 1 is 1.19 bits per heavy atom. The molecular formula is C15H13N3O3. The van der Waals surface area contributed by atoms with Crippen molar-refractivity contribution in [1.29, 1.82) is 0 Å². The van der Waals surface area contributed by atoms with Gasteiger partial charge in [-0.15, -0.1) is 0 Å². The minimum Gasteiger partial charge on any atom is -0.489 e. The standard InChI is InChI=1S/C15H13N3O3/c1-9-10(5-7-19-9)14-17-15(21-18-14)11-3-2-4-12-13(11)20-8-6-16-12/h2-5,7,16H,6,8H2,1H3. The highest BCUT2D eigenvalue weighted by molar-refractivity contribution is 5.75. The Bertz CT molecular complexity index is 791. The van der Waals surface area contributed by atoms with Crippen molar-refractivity contribution in [2.75, 3.05) is 18.5 Å². The first-order chi connectivity index (χ1) is 10.3. The molecular weight excluding hydrogens is 270 g/mol. The summed E-state index contributed by atoms with van der Waals surface area (Å²) in [6.45, 7) is 3.27. The van der Waals surface area contributed by atoms with Gasteiger partial charge in [0.15, 0.2) is 5.75 Å². The molecule has 0 atom stereocenters. The maximum absolute atomic E-state index is 5.72.